The highest BCUT2D eigenvalue weighted by atomic mass is 32.1. The first-order chi connectivity index (χ1) is 8.16. The Morgan fingerprint density at radius 3 is 2.82 bits per heavy atom. The SMILES string of the molecule is Cc1scnc1C1=CC(=O)c2cc(O)ccc21. The fourth-order valence-corrected chi connectivity index (χ4v) is 2.61. The summed E-state index contributed by atoms with van der Waals surface area (Å²) in [7, 11) is 0. The molecule has 2 aromatic rings. The summed E-state index contributed by atoms with van der Waals surface area (Å²) in [6, 6.07) is 4.86. The highest BCUT2D eigenvalue weighted by Crippen LogP contribution is 2.35. The number of nitrogens with zero attached hydrogens (tertiary/aromatic N) is 1. The number of aryl methyl sites for hydroxylation is 1. The molecule has 1 aliphatic rings. The first kappa shape index (κ1) is 10.2. The normalized spacial score (nSPS) is 13.7. The third-order valence-corrected chi connectivity index (χ3v) is 3.59. The summed E-state index contributed by atoms with van der Waals surface area (Å²) in [4.78, 5) is 17.2. The van der Waals surface area contributed by atoms with E-state index in [1.807, 2.05) is 6.92 Å². The zero-order valence-electron chi connectivity index (χ0n) is 9.10. The van der Waals surface area contributed by atoms with Gasteiger partial charge in [0.05, 0.1) is 11.2 Å². The number of ketones is 1. The van der Waals surface area contributed by atoms with Crippen LogP contribution in [0, 0.1) is 6.92 Å². The molecular weight excluding hydrogens is 234 g/mol. The minimum Gasteiger partial charge on any atom is -0.508 e. The van der Waals surface area contributed by atoms with Gasteiger partial charge in [-0.1, -0.05) is 0 Å². The fraction of sp³-hybridized carbons (Fsp3) is 0.0769. The van der Waals surface area contributed by atoms with Crippen LogP contribution in [0.4, 0.5) is 0 Å². The Morgan fingerprint density at radius 2 is 2.12 bits per heavy atom. The molecule has 1 aliphatic carbocycles. The Hall–Kier alpha value is -1.94. The highest BCUT2D eigenvalue weighted by molar-refractivity contribution is 7.09. The number of fused-ring (bicyclic) bond motifs is 1. The first-order valence-corrected chi connectivity index (χ1v) is 6.04. The number of phenolic OH excluding ortho intramolecular Hbond substituents is 1. The maximum Gasteiger partial charge on any atom is 0.187 e. The number of rotatable bonds is 1. The Morgan fingerprint density at radius 1 is 1.29 bits per heavy atom. The van der Waals surface area contributed by atoms with Crippen molar-refractivity contribution < 1.29 is 9.90 Å². The molecule has 0 saturated carbocycles. The molecule has 0 saturated heterocycles. The van der Waals surface area contributed by atoms with Crippen LogP contribution in [0.1, 0.15) is 26.5 Å². The van der Waals surface area contributed by atoms with Crippen molar-refractivity contribution in [3.63, 3.8) is 0 Å². The predicted octanol–water partition coefficient (Wildman–Crippen LogP) is 2.79. The summed E-state index contributed by atoms with van der Waals surface area (Å²) in [5.41, 5.74) is 4.87. The van der Waals surface area contributed by atoms with E-state index >= 15 is 0 Å². The van der Waals surface area contributed by atoms with Gasteiger partial charge in [-0.25, -0.2) is 4.98 Å². The number of phenols is 1. The lowest BCUT2D eigenvalue weighted by Crippen LogP contribution is -1.91. The summed E-state index contributed by atoms with van der Waals surface area (Å²) in [5, 5.41) is 9.40. The average molecular weight is 243 g/mol. The first-order valence-electron chi connectivity index (χ1n) is 5.16. The largest absolute Gasteiger partial charge is 0.508 e. The number of aromatic nitrogens is 1. The van der Waals surface area contributed by atoms with E-state index in [9.17, 15) is 9.90 Å². The minimum atomic E-state index is -0.0710. The van der Waals surface area contributed by atoms with E-state index in [1.165, 1.54) is 6.07 Å². The molecule has 1 aromatic heterocycles. The van der Waals surface area contributed by atoms with Gasteiger partial charge in [0.2, 0.25) is 0 Å². The second kappa shape index (κ2) is 3.53. The average Bonchev–Trinajstić information content (AvgIpc) is 2.84. The molecule has 3 nitrogen and oxygen atoms in total. The maximum atomic E-state index is 11.8. The zero-order valence-corrected chi connectivity index (χ0v) is 9.91. The van der Waals surface area contributed by atoms with Crippen LogP contribution in [0.5, 0.6) is 5.75 Å². The second-order valence-corrected chi connectivity index (χ2v) is 4.97. The number of allylic oxidation sites excluding steroid dienone is 1. The van der Waals surface area contributed by atoms with E-state index in [2.05, 4.69) is 4.98 Å². The van der Waals surface area contributed by atoms with Crippen LogP contribution >= 0.6 is 11.3 Å². The molecule has 1 aromatic carbocycles. The molecule has 0 fully saturated rings. The highest BCUT2D eigenvalue weighted by Gasteiger charge is 2.24. The zero-order chi connectivity index (χ0) is 12.0. The number of carbonyl (C=O) groups excluding carboxylic acids is 1. The van der Waals surface area contributed by atoms with Crippen LogP contribution in [0.25, 0.3) is 5.57 Å². The minimum absolute atomic E-state index is 0.0710. The third-order valence-electron chi connectivity index (χ3n) is 2.83. The van der Waals surface area contributed by atoms with Gasteiger partial charge in [-0.3, -0.25) is 4.79 Å². The third kappa shape index (κ3) is 1.49. The van der Waals surface area contributed by atoms with Gasteiger partial charge < -0.3 is 5.11 Å². The molecule has 0 amide bonds. The molecule has 0 radical (unpaired) electrons. The molecule has 0 unspecified atom stereocenters. The van der Waals surface area contributed by atoms with Crippen molar-refractivity contribution in [1.29, 1.82) is 0 Å². The van der Waals surface area contributed by atoms with Crippen LogP contribution in [-0.2, 0) is 0 Å². The smallest absolute Gasteiger partial charge is 0.187 e. The summed E-state index contributed by atoms with van der Waals surface area (Å²) >= 11 is 1.56. The van der Waals surface area contributed by atoms with E-state index < -0.39 is 0 Å². The van der Waals surface area contributed by atoms with E-state index in [1.54, 1.807) is 35.1 Å². The van der Waals surface area contributed by atoms with Crippen molar-refractivity contribution in [2.45, 2.75) is 6.92 Å². The molecule has 17 heavy (non-hydrogen) atoms. The van der Waals surface area contributed by atoms with Gasteiger partial charge in [0, 0.05) is 16.0 Å². The molecule has 1 N–H and O–H groups in total. The van der Waals surface area contributed by atoms with Crippen molar-refractivity contribution in [3.8, 4) is 5.75 Å². The van der Waals surface area contributed by atoms with Crippen molar-refractivity contribution >= 4 is 22.7 Å². The van der Waals surface area contributed by atoms with Crippen LogP contribution in [0.3, 0.4) is 0 Å². The van der Waals surface area contributed by atoms with Crippen molar-refractivity contribution in [2.24, 2.45) is 0 Å². The lowest BCUT2D eigenvalue weighted by molar-refractivity contribution is 0.104. The molecule has 0 spiro atoms. The van der Waals surface area contributed by atoms with Gasteiger partial charge in [-0.2, -0.15) is 0 Å². The van der Waals surface area contributed by atoms with E-state index in [4.69, 9.17) is 0 Å². The van der Waals surface area contributed by atoms with E-state index in [-0.39, 0.29) is 11.5 Å². The lowest BCUT2D eigenvalue weighted by atomic mass is 10.0. The van der Waals surface area contributed by atoms with Gasteiger partial charge in [0.15, 0.2) is 5.78 Å². The van der Waals surface area contributed by atoms with Crippen molar-refractivity contribution in [3.05, 3.63) is 51.5 Å². The van der Waals surface area contributed by atoms with Gasteiger partial charge >= 0.3 is 0 Å². The van der Waals surface area contributed by atoms with Gasteiger partial charge in [0.1, 0.15) is 5.75 Å². The van der Waals surface area contributed by atoms with Crippen LogP contribution in [0.2, 0.25) is 0 Å². The molecule has 3 rings (SSSR count). The molecule has 84 valence electrons. The van der Waals surface area contributed by atoms with Crippen LogP contribution in [-0.4, -0.2) is 15.9 Å². The number of hydrogen-bond donors (Lipinski definition) is 1. The van der Waals surface area contributed by atoms with Crippen molar-refractivity contribution in [1.82, 2.24) is 4.98 Å². The molecular formula is C13H9NO2S. The van der Waals surface area contributed by atoms with E-state index in [0.29, 0.717) is 5.56 Å². The number of carbonyl (C=O) groups is 1. The standard InChI is InChI=1S/C13H9NO2S/c1-7-13(14-6-17-7)11-5-12(16)10-4-8(15)2-3-9(10)11/h2-6,15H,1H3. The van der Waals surface area contributed by atoms with Crippen LogP contribution in [0.15, 0.2) is 29.8 Å². The van der Waals surface area contributed by atoms with Gasteiger partial charge in [-0.15, -0.1) is 11.3 Å². The molecule has 0 bridgehead atoms. The van der Waals surface area contributed by atoms with Crippen molar-refractivity contribution in [2.75, 3.05) is 0 Å². The molecule has 0 aliphatic heterocycles. The maximum absolute atomic E-state index is 11.8. The summed E-state index contributed by atoms with van der Waals surface area (Å²) in [6.07, 6.45) is 1.59. The molecule has 4 heteroatoms. The summed E-state index contributed by atoms with van der Waals surface area (Å²) < 4.78 is 0. The fourth-order valence-electron chi connectivity index (χ4n) is 2.02. The second-order valence-electron chi connectivity index (χ2n) is 3.91. The van der Waals surface area contributed by atoms with Gasteiger partial charge in [-0.05, 0) is 36.8 Å². The number of hydrogen-bond acceptors (Lipinski definition) is 4. The molecule has 1 heterocycles. The quantitative estimate of drug-likeness (QED) is 0.837. The number of benzene rings is 1. The van der Waals surface area contributed by atoms with Gasteiger partial charge in [0.25, 0.3) is 0 Å². The Kier molecular flexibility index (Phi) is 2.12. The molecule has 0 atom stereocenters. The topological polar surface area (TPSA) is 50.2 Å². The lowest BCUT2D eigenvalue weighted by Gasteiger charge is -2.03. The predicted molar refractivity (Wildman–Crippen MR) is 66.4 cm³/mol. The monoisotopic (exact) mass is 243 g/mol. The van der Waals surface area contributed by atoms with E-state index in [0.717, 1.165) is 21.7 Å². The summed E-state index contributed by atoms with van der Waals surface area (Å²) in [5.74, 6) is 0.0417. The summed E-state index contributed by atoms with van der Waals surface area (Å²) in [6.45, 7) is 1.98. The van der Waals surface area contributed by atoms with Crippen LogP contribution < -0.4 is 0 Å². The number of aromatic hydroxyl groups is 1. The Bertz CT molecular complexity index is 655. The Labute approximate surface area is 102 Å². The number of thiazole rings is 1. The Balaban J connectivity index is 2.21.